The van der Waals surface area contributed by atoms with Crippen molar-refractivity contribution < 1.29 is 4.79 Å². The van der Waals surface area contributed by atoms with Crippen LogP contribution in [-0.2, 0) is 0 Å². The van der Waals surface area contributed by atoms with Crippen molar-refractivity contribution in [2.45, 2.75) is 12.5 Å². The zero-order chi connectivity index (χ0) is 12.5. The number of benzene rings is 2. The van der Waals surface area contributed by atoms with Gasteiger partial charge in [-0.2, -0.15) is 0 Å². The molecule has 1 aliphatic rings. The van der Waals surface area contributed by atoms with E-state index < -0.39 is 0 Å². The Morgan fingerprint density at radius 3 is 2.56 bits per heavy atom. The number of carbonyl (C=O) groups excluding carboxylic acids is 1. The summed E-state index contributed by atoms with van der Waals surface area (Å²) in [6, 6.07) is 15.3. The highest BCUT2D eigenvalue weighted by Gasteiger charge is 2.24. The maximum Gasteiger partial charge on any atom is 0.167 e. The number of hydrogen-bond donors (Lipinski definition) is 1. The van der Waals surface area contributed by atoms with Crippen molar-refractivity contribution >= 4 is 23.1 Å². The second-order valence-electron chi connectivity index (χ2n) is 4.42. The van der Waals surface area contributed by atoms with Crippen LogP contribution >= 0.6 is 11.6 Å². The first-order chi connectivity index (χ1) is 8.74. The zero-order valence-electron chi connectivity index (χ0n) is 9.69. The lowest BCUT2D eigenvalue weighted by molar-refractivity contribution is 0.0972. The van der Waals surface area contributed by atoms with Crippen LogP contribution in [0, 0.1) is 0 Å². The topological polar surface area (TPSA) is 29.1 Å². The fraction of sp³-hybridized carbons (Fsp3) is 0.133. The third kappa shape index (κ3) is 2.00. The van der Waals surface area contributed by atoms with Crippen molar-refractivity contribution in [3.05, 3.63) is 64.7 Å². The zero-order valence-corrected chi connectivity index (χ0v) is 10.4. The highest BCUT2D eigenvalue weighted by molar-refractivity contribution is 6.30. The highest BCUT2D eigenvalue weighted by atomic mass is 35.5. The molecule has 0 aliphatic carbocycles. The van der Waals surface area contributed by atoms with Crippen LogP contribution in [0.15, 0.2) is 48.5 Å². The van der Waals surface area contributed by atoms with Crippen molar-refractivity contribution in [2.75, 3.05) is 5.32 Å². The summed E-state index contributed by atoms with van der Waals surface area (Å²) in [4.78, 5) is 12.1. The molecule has 0 saturated carbocycles. The van der Waals surface area contributed by atoms with Gasteiger partial charge in [0, 0.05) is 22.7 Å². The van der Waals surface area contributed by atoms with Crippen LogP contribution in [0.4, 0.5) is 5.69 Å². The van der Waals surface area contributed by atoms with E-state index in [9.17, 15) is 4.79 Å². The van der Waals surface area contributed by atoms with E-state index in [0.29, 0.717) is 11.4 Å². The van der Waals surface area contributed by atoms with Gasteiger partial charge in [-0.3, -0.25) is 4.79 Å². The van der Waals surface area contributed by atoms with Crippen molar-refractivity contribution in [2.24, 2.45) is 0 Å². The fourth-order valence-electron chi connectivity index (χ4n) is 2.28. The molecule has 1 heterocycles. The number of Topliss-reactive ketones (excluding diaryl/α,β-unsaturated/α-hetero) is 1. The lowest BCUT2D eigenvalue weighted by Gasteiger charge is -2.26. The number of ketones is 1. The van der Waals surface area contributed by atoms with Crippen LogP contribution in [0.25, 0.3) is 0 Å². The molecule has 3 rings (SSSR count). The molecule has 1 atom stereocenters. The first kappa shape index (κ1) is 11.3. The van der Waals surface area contributed by atoms with Crippen LogP contribution in [0.2, 0.25) is 5.02 Å². The van der Waals surface area contributed by atoms with Gasteiger partial charge in [0.2, 0.25) is 0 Å². The SMILES string of the molecule is O=C1C[C@@H](c2ccc(Cl)cc2)Nc2ccccc21. The van der Waals surface area contributed by atoms with Gasteiger partial charge < -0.3 is 5.32 Å². The van der Waals surface area contributed by atoms with Crippen LogP contribution in [0.3, 0.4) is 0 Å². The van der Waals surface area contributed by atoms with Crippen molar-refractivity contribution in [1.29, 1.82) is 0 Å². The number of nitrogens with one attached hydrogen (secondary N) is 1. The number of rotatable bonds is 1. The monoisotopic (exact) mass is 257 g/mol. The Bertz CT molecular complexity index is 592. The first-order valence-electron chi connectivity index (χ1n) is 5.88. The molecule has 0 spiro atoms. The molecule has 2 aromatic carbocycles. The molecule has 0 unspecified atom stereocenters. The predicted molar refractivity (Wildman–Crippen MR) is 73.2 cm³/mol. The van der Waals surface area contributed by atoms with Crippen molar-refractivity contribution in [1.82, 2.24) is 0 Å². The molecule has 90 valence electrons. The second-order valence-corrected chi connectivity index (χ2v) is 4.86. The molecule has 2 aromatic rings. The van der Waals surface area contributed by atoms with E-state index in [0.717, 1.165) is 16.8 Å². The number of halogens is 1. The Balaban J connectivity index is 1.94. The van der Waals surface area contributed by atoms with E-state index in [1.54, 1.807) is 0 Å². The highest BCUT2D eigenvalue weighted by Crippen LogP contribution is 2.32. The van der Waals surface area contributed by atoms with Gasteiger partial charge in [-0.05, 0) is 29.8 Å². The molecule has 2 nitrogen and oxygen atoms in total. The summed E-state index contributed by atoms with van der Waals surface area (Å²) in [6.45, 7) is 0. The maximum absolute atomic E-state index is 12.1. The summed E-state index contributed by atoms with van der Waals surface area (Å²) >= 11 is 5.87. The number of anilines is 1. The van der Waals surface area contributed by atoms with E-state index in [1.807, 2.05) is 48.5 Å². The molecule has 0 amide bonds. The quantitative estimate of drug-likeness (QED) is 0.834. The molecule has 18 heavy (non-hydrogen) atoms. The van der Waals surface area contributed by atoms with Crippen LogP contribution in [0.5, 0.6) is 0 Å². The number of hydrogen-bond acceptors (Lipinski definition) is 2. The predicted octanol–water partition coefficient (Wildman–Crippen LogP) is 4.08. The van der Waals surface area contributed by atoms with E-state index in [1.165, 1.54) is 0 Å². The van der Waals surface area contributed by atoms with Crippen molar-refractivity contribution in [3.8, 4) is 0 Å². The van der Waals surface area contributed by atoms with Crippen LogP contribution in [0.1, 0.15) is 28.4 Å². The lowest BCUT2D eigenvalue weighted by Crippen LogP contribution is -2.22. The summed E-state index contributed by atoms with van der Waals surface area (Å²) in [7, 11) is 0. The molecule has 0 radical (unpaired) electrons. The van der Waals surface area contributed by atoms with Gasteiger partial charge in [-0.15, -0.1) is 0 Å². The molecule has 0 fully saturated rings. The van der Waals surface area contributed by atoms with Crippen molar-refractivity contribution in [3.63, 3.8) is 0 Å². The second kappa shape index (κ2) is 4.46. The minimum Gasteiger partial charge on any atom is -0.377 e. The largest absolute Gasteiger partial charge is 0.377 e. The molecule has 0 aromatic heterocycles. The van der Waals surface area contributed by atoms with Gasteiger partial charge in [-0.1, -0.05) is 35.9 Å². The molecule has 0 bridgehead atoms. The van der Waals surface area contributed by atoms with Gasteiger partial charge in [-0.25, -0.2) is 0 Å². The minimum absolute atomic E-state index is 0.0321. The number of fused-ring (bicyclic) bond motifs is 1. The smallest absolute Gasteiger partial charge is 0.167 e. The molecular formula is C15H12ClNO. The summed E-state index contributed by atoms with van der Waals surface area (Å²) in [5.41, 5.74) is 2.78. The van der Waals surface area contributed by atoms with Gasteiger partial charge in [0.05, 0.1) is 6.04 Å². The third-order valence-corrected chi connectivity index (χ3v) is 3.47. The molecule has 1 N–H and O–H groups in total. The Morgan fingerprint density at radius 2 is 1.78 bits per heavy atom. The fourth-order valence-corrected chi connectivity index (χ4v) is 2.41. The Labute approximate surface area is 111 Å². The van der Waals surface area contributed by atoms with Gasteiger partial charge in [0.25, 0.3) is 0 Å². The Morgan fingerprint density at radius 1 is 1.06 bits per heavy atom. The van der Waals surface area contributed by atoms with E-state index in [4.69, 9.17) is 11.6 Å². The van der Waals surface area contributed by atoms with Gasteiger partial charge in [0.1, 0.15) is 0 Å². The summed E-state index contributed by atoms with van der Waals surface area (Å²) < 4.78 is 0. The molecule has 1 aliphatic heterocycles. The molecule has 3 heteroatoms. The van der Waals surface area contributed by atoms with E-state index >= 15 is 0 Å². The minimum atomic E-state index is 0.0321. The van der Waals surface area contributed by atoms with Crippen LogP contribution < -0.4 is 5.32 Å². The average molecular weight is 258 g/mol. The molecule has 0 saturated heterocycles. The maximum atomic E-state index is 12.1. The van der Waals surface area contributed by atoms with Crippen LogP contribution in [-0.4, -0.2) is 5.78 Å². The Kier molecular flexibility index (Phi) is 2.80. The summed E-state index contributed by atoms with van der Waals surface area (Å²) in [5.74, 6) is 0.185. The normalized spacial score (nSPS) is 18.1. The van der Waals surface area contributed by atoms with Gasteiger partial charge >= 0.3 is 0 Å². The van der Waals surface area contributed by atoms with Gasteiger partial charge in [0.15, 0.2) is 5.78 Å². The first-order valence-corrected chi connectivity index (χ1v) is 6.26. The lowest BCUT2D eigenvalue weighted by atomic mass is 9.92. The molecular weight excluding hydrogens is 246 g/mol. The summed E-state index contributed by atoms with van der Waals surface area (Å²) in [6.07, 6.45) is 0.485. The third-order valence-electron chi connectivity index (χ3n) is 3.22. The number of carbonyl (C=O) groups is 1. The average Bonchev–Trinajstić information content (AvgIpc) is 2.39. The Hall–Kier alpha value is -1.80. The van der Waals surface area contributed by atoms with E-state index in [-0.39, 0.29) is 11.8 Å². The number of para-hydroxylation sites is 1. The standard InChI is InChI=1S/C15H12ClNO/c16-11-7-5-10(6-8-11)14-9-15(18)12-3-1-2-4-13(12)17-14/h1-8,14,17H,9H2/t14-/m0/s1. The van der Waals surface area contributed by atoms with E-state index in [2.05, 4.69) is 5.32 Å². The summed E-state index contributed by atoms with van der Waals surface area (Å²) in [5, 5.41) is 4.11.